The van der Waals surface area contributed by atoms with E-state index < -0.39 is 46.3 Å². The average molecular weight is 818 g/mol. The summed E-state index contributed by atoms with van der Waals surface area (Å²) >= 11 is 0. The van der Waals surface area contributed by atoms with Crippen LogP contribution >= 0.6 is 0 Å². The number of aromatic hydroxyl groups is 2. The minimum atomic E-state index is -4.80. The number of hydrogen-bond donors (Lipinski definition) is 2. The Morgan fingerprint density at radius 2 is 0.867 bits per heavy atom. The normalized spacial score (nSPS) is 12.9. The zero-order chi connectivity index (χ0) is 32.6. The van der Waals surface area contributed by atoms with Gasteiger partial charge in [-0.3, -0.25) is 0 Å². The maximum absolute atomic E-state index is 13.3. The molecule has 4 aromatic heterocycles. The number of benzene rings is 1. The van der Waals surface area contributed by atoms with Crippen LogP contribution < -0.4 is 0 Å². The summed E-state index contributed by atoms with van der Waals surface area (Å²) in [5.41, 5.74) is -1.94. The Bertz CT molecular complexity index is 1720. The second-order valence-corrected chi connectivity index (χ2v) is 12.2. The monoisotopic (exact) mass is 817 g/mol. The van der Waals surface area contributed by atoms with Crippen LogP contribution in [0.25, 0.3) is 23.0 Å². The van der Waals surface area contributed by atoms with Gasteiger partial charge in [-0.2, -0.15) is 45.9 Å². The average Bonchev–Trinajstić information content (AvgIpc) is 3.66. The molecule has 0 radical (unpaired) electrons. The number of para-hydroxylation sites is 2. The zero-order valence-corrected chi connectivity index (χ0v) is 26.9. The molecule has 0 fully saturated rings. The van der Waals surface area contributed by atoms with E-state index >= 15 is 0 Å². The summed E-state index contributed by atoms with van der Waals surface area (Å²) < 4.78 is 84.3. The first-order chi connectivity index (χ1) is 20.2. The van der Waals surface area contributed by atoms with E-state index in [-0.39, 0.29) is 32.7 Å². The first kappa shape index (κ1) is 33.8. The first-order valence-electron chi connectivity index (χ1n) is 13.2. The van der Waals surface area contributed by atoms with E-state index in [1.165, 1.54) is 21.5 Å². The molecule has 0 spiro atoms. The summed E-state index contributed by atoms with van der Waals surface area (Å²) in [5, 5.41) is 36.7. The molecule has 5 aromatic rings. The molecule has 5 rings (SSSR count). The summed E-state index contributed by atoms with van der Waals surface area (Å²) in [6.45, 7) is 11.2. The third-order valence-corrected chi connectivity index (χ3v) is 6.66. The fourth-order valence-corrected chi connectivity index (χ4v) is 4.56. The molecule has 0 aliphatic carbocycles. The van der Waals surface area contributed by atoms with Crippen molar-refractivity contribution >= 4 is 0 Å². The van der Waals surface area contributed by atoms with Gasteiger partial charge in [0.15, 0.2) is 23.0 Å². The van der Waals surface area contributed by atoms with Crippen LogP contribution in [0.5, 0.6) is 11.8 Å². The van der Waals surface area contributed by atoms with Crippen molar-refractivity contribution in [3.63, 3.8) is 0 Å². The third-order valence-electron chi connectivity index (χ3n) is 6.66. The fraction of sp³-hybridized carbons (Fsp3) is 0.357. The minimum Gasteiger partial charge on any atom is -0.493 e. The number of alkyl halides is 6. The quantitative estimate of drug-likeness (QED) is 0.201. The van der Waals surface area contributed by atoms with Gasteiger partial charge in [0.1, 0.15) is 0 Å². The molecule has 0 bridgehead atoms. The van der Waals surface area contributed by atoms with Crippen LogP contribution in [0.3, 0.4) is 0 Å². The van der Waals surface area contributed by atoms with Gasteiger partial charge in [-0.1, -0.05) is 53.7 Å². The van der Waals surface area contributed by atoms with Crippen molar-refractivity contribution in [1.82, 2.24) is 39.1 Å². The van der Waals surface area contributed by atoms with Crippen molar-refractivity contribution in [2.45, 2.75) is 64.7 Å². The summed E-state index contributed by atoms with van der Waals surface area (Å²) in [5.74, 6) is -1.70. The van der Waals surface area contributed by atoms with Crippen LogP contribution in [-0.2, 0) is 44.2 Å². The van der Waals surface area contributed by atoms with Crippen LogP contribution in [-0.4, -0.2) is 49.3 Å². The first-order valence-corrected chi connectivity index (χ1v) is 13.2. The molecule has 4 heterocycles. The Hall–Kier alpha value is -4.07. The molecule has 1 aromatic carbocycles. The van der Waals surface area contributed by atoms with Crippen molar-refractivity contribution in [2.24, 2.45) is 0 Å². The van der Waals surface area contributed by atoms with E-state index in [2.05, 4.69) is 20.4 Å². The second-order valence-electron chi connectivity index (χ2n) is 12.2. The molecule has 0 saturated carbocycles. The molecule has 17 heteroatoms. The summed E-state index contributed by atoms with van der Waals surface area (Å²) in [6.07, 6.45) is -9.59. The summed E-state index contributed by atoms with van der Waals surface area (Å²) in [6, 6.07) is 10.8. The molecule has 0 unspecified atom stereocenters. The van der Waals surface area contributed by atoms with Gasteiger partial charge in [-0.15, -0.1) is 10.2 Å². The van der Waals surface area contributed by atoms with Crippen LogP contribution in [0.1, 0.15) is 64.3 Å². The predicted octanol–water partition coefficient (Wildman–Crippen LogP) is 6.47. The van der Waals surface area contributed by atoms with Crippen molar-refractivity contribution in [3.05, 3.63) is 71.3 Å². The molecule has 0 atom stereocenters. The molecule has 45 heavy (non-hydrogen) atoms. The topological polar surface area (TPSA) is 112 Å². The molecule has 0 aliphatic rings. The van der Waals surface area contributed by atoms with E-state index in [1.807, 2.05) is 41.5 Å². The second kappa shape index (κ2) is 11.1. The summed E-state index contributed by atoms with van der Waals surface area (Å²) in [7, 11) is 0. The smallest absolute Gasteiger partial charge is 0.435 e. The number of aromatic nitrogens is 8. The van der Waals surface area contributed by atoms with Crippen molar-refractivity contribution in [1.29, 1.82) is 0 Å². The fourth-order valence-electron chi connectivity index (χ4n) is 4.56. The number of rotatable bonds is 4. The van der Waals surface area contributed by atoms with Crippen molar-refractivity contribution in [3.8, 4) is 34.8 Å². The molecule has 0 amide bonds. The van der Waals surface area contributed by atoms with E-state index in [1.54, 1.807) is 24.3 Å². The van der Waals surface area contributed by atoms with Gasteiger partial charge in [0.2, 0.25) is 11.8 Å². The van der Waals surface area contributed by atoms with Crippen molar-refractivity contribution in [2.75, 3.05) is 0 Å². The minimum absolute atomic E-state index is 0. The Morgan fingerprint density at radius 1 is 0.533 bits per heavy atom. The summed E-state index contributed by atoms with van der Waals surface area (Å²) in [4.78, 5) is 0. The Balaban J connectivity index is 0.00000461. The van der Waals surface area contributed by atoms with Gasteiger partial charge in [-0.25, -0.2) is 9.36 Å². The predicted molar refractivity (Wildman–Crippen MR) is 146 cm³/mol. The van der Waals surface area contributed by atoms with Gasteiger partial charge >= 0.3 is 12.4 Å². The molecule has 10 nitrogen and oxygen atoms in total. The largest absolute Gasteiger partial charge is 0.493 e. The zero-order valence-electron chi connectivity index (χ0n) is 24.7. The standard InChI is InChI=1S/C28H28F6N8O2.Pt/c1-25(2,3)19-13-21(41-23(43)11-17(35-41)27(29,30)31)37-39(19)15-9-7-8-10-16(15)40-20(26(4,5)6)14-22(38-40)42-24(44)12-18(36-42)28(32,33)34;/h7-14,43-44H,1-6H3;. The molecular weight excluding hydrogens is 789 g/mol. The van der Waals surface area contributed by atoms with Crippen LogP contribution in [0.2, 0.25) is 0 Å². The third kappa shape index (κ3) is 6.37. The van der Waals surface area contributed by atoms with Gasteiger partial charge in [0.25, 0.3) is 0 Å². The SMILES string of the molecule is CC(C)(C)c1cc(-n2nc(C(F)(F)F)cc2O)nn1-c1ccccc1-n1nc(-n2nc(C(F)(F)F)cc2O)cc1C(C)(C)C.[Pt]. The number of halogens is 6. The van der Waals surface area contributed by atoms with Crippen LogP contribution in [0.15, 0.2) is 48.5 Å². The molecule has 0 aliphatic heterocycles. The van der Waals surface area contributed by atoms with Gasteiger partial charge in [0.05, 0.1) is 22.8 Å². The van der Waals surface area contributed by atoms with E-state index in [4.69, 9.17) is 0 Å². The molecule has 0 saturated heterocycles. The number of hydrogen-bond acceptors (Lipinski definition) is 6. The maximum atomic E-state index is 13.3. The molecular formula is C28H28F6N8O2Pt. The maximum Gasteiger partial charge on any atom is 0.435 e. The Morgan fingerprint density at radius 3 is 1.13 bits per heavy atom. The number of nitrogens with zero attached hydrogens (tertiary/aromatic N) is 8. The van der Waals surface area contributed by atoms with Crippen LogP contribution in [0, 0.1) is 0 Å². The van der Waals surface area contributed by atoms with E-state index in [0.717, 1.165) is 0 Å². The molecule has 2 N–H and O–H groups in total. The Kier molecular flexibility index (Phi) is 8.32. The van der Waals surface area contributed by atoms with Gasteiger partial charge in [0, 0.05) is 56.2 Å². The van der Waals surface area contributed by atoms with Crippen LogP contribution in [0.4, 0.5) is 26.3 Å². The van der Waals surface area contributed by atoms with Crippen molar-refractivity contribution < 1.29 is 57.6 Å². The van der Waals surface area contributed by atoms with E-state index in [0.29, 0.717) is 44.3 Å². The van der Waals surface area contributed by atoms with Gasteiger partial charge < -0.3 is 10.2 Å². The van der Waals surface area contributed by atoms with Gasteiger partial charge in [-0.05, 0) is 12.1 Å². The van der Waals surface area contributed by atoms with E-state index in [9.17, 15) is 36.6 Å². The molecule has 244 valence electrons. The Labute approximate surface area is 267 Å².